The van der Waals surface area contributed by atoms with Crippen molar-refractivity contribution in [3.05, 3.63) is 16.9 Å². The van der Waals surface area contributed by atoms with Crippen LogP contribution in [-0.2, 0) is 13.6 Å². The van der Waals surface area contributed by atoms with Crippen molar-refractivity contribution in [1.29, 1.82) is 0 Å². The Labute approximate surface area is 63.4 Å². The SMILES string of the molecule is Cn1nc(CNO)cc1Cl. The average molecular weight is 162 g/mol. The van der Waals surface area contributed by atoms with Gasteiger partial charge in [0.25, 0.3) is 0 Å². The third-order valence-corrected chi connectivity index (χ3v) is 1.49. The summed E-state index contributed by atoms with van der Waals surface area (Å²) >= 11 is 5.66. The lowest BCUT2D eigenvalue weighted by atomic mass is 10.4. The van der Waals surface area contributed by atoms with Crippen molar-refractivity contribution in [3.63, 3.8) is 0 Å². The Morgan fingerprint density at radius 3 is 3.00 bits per heavy atom. The Hall–Kier alpha value is -0.580. The minimum atomic E-state index is 0.320. The maximum absolute atomic E-state index is 8.28. The molecular weight excluding hydrogens is 154 g/mol. The van der Waals surface area contributed by atoms with Crippen LogP contribution in [-0.4, -0.2) is 15.0 Å². The highest BCUT2D eigenvalue weighted by atomic mass is 35.5. The smallest absolute Gasteiger partial charge is 0.127 e. The number of hydroxylamine groups is 1. The first-order valence-electron chi connectivity index (χ1n) is 2.79. The van der Waals surface area contributed by atoms with Crippen LogP contribution >= 0.6 is 11.6 Å². The van der Waals surface area contributed by atoms with Gasteiger partial charge >= 0.3 is 0 Å². The first-order chi connectivity index (χ1) is 4.74. The Kier molecular flexibility index (Phi) is 2.26. The van der Waals surface area contributed by atoms with Crippen LogP contribution in [0.5, 0.6) is 0 Å². The quantitative estimate of drug-likeness (QED) is 0.623. The second-order valence-electron chi connectivity index (χ2n) is 1.92. The summed E-state index contributed by atoms with van der Waals surface area (Å²) in [5, 5.41) is 12.8. The number of hydrogen-bond acceptors (Lipinski definition) is 3. The Morgan fingerprint density at radius 2 is 2.60 bits per heavy atom. The van der Waals surface area contributed by atoms with E-state index < -0.39 is 0 Å². The lowest BCUT2D eigenvalue weighted by Gasteiger charge is -1.89. The summed E-state index contributed by atoms with van der Waals surface area (Å²) in [4.78, 5) is 0. The number of rotatable bonds is 2. The van der Waals surface area contributed by atoms with Crippen LogP contribution in [0.4, 0.5) is 0 Å². The highest BCUT2D eigenvalue weighted by Gasteiger charge is 1.99. The van der Waals surface area contributed by atoms with Gasteiger partial charge in [0.15, 0.2) is 0 Å². The van der Waals surface area contributed by atoms with E-state index in [4.69, 9.17) is 16.8 Å². The fourth-order valence-electron chi connectivity index (χ4n) is 0.668. The predicted octanol–water partition coefficient (Wildman–Crippen LogP) is 0.552. The van der Waals surface area contributed by atoms with Gasteiger partial charge in [-0.1, -0.05) is 11.6 Å². The molecule has 1 aromatic heterocycles. The number of halogens is 1. The summed E-state index contributed by atoms with van der Waals surface area (Å²) in [6.45, 7) is 0.320. The molecule has 4 nitrogen and oxygen atoms in total. The van der Waals surface area contributed by atoms with Crippen LogP contribution in [0.2, 0.25) is 5.15 Å². The zero-order valence-corrected chi connectivity index (χ0v) is 6.26. The molecule has 0 atom stereocenters. The van der Waals surface area contributed by atoms with Crippen LogP contribution in [0.15, 0.2) is 6.07 Å². The first kappa shape index (κ1) is 7.53. The summed E-state index contributed by atoms with van der Waals surface area (Å²) in [6, 6.07) is 1.69. The maximum Gasteiger partial charge on any atom is 0.127 e. The summed E-state index contributed by atoms with van der Waals surface area (Å²) in [7, 11) is 1.74. The fourth-order valence-corrected chi connectivity index (χ4v) is 0.831. The van der Waals surface area contributed by atoms with Gasteiger partial charge < -0.3 is 5.21 Å². The molecule has 0 radical (unpaired) electrons. The molecule has 0 aliphatic rings. The summed E-state index contributed by atoms with van der Waals surface area (Å²) in [5.74, 6) is 0. The predicted molar refractivity (Wildman–Crippen MR) is 36.8 cm³/mol. The standard InChI is InChI=1S/C5H8ClN3O/c1-9-5(6)2-4(8-9)3-7-10/h2,7,10H,3H2,1H3. The van der Waals surface area contributed by atoms with Crippen LogP contribution in [0.3, 0.4) is 0 Å². The molecule has 2 N–H and O–H groups in total. The molecule has 10 heavy (non-hydrogen) atoms. The third kappa shape index (κ3) is 1.47. The summed E-state index contributed by atoms with van der Waals surface area (Å²) in [6.07, 6.45) is 0. The zero-order chi connectivity index (χ0) is 7.56. The van der Waals surface area contributed by atoms with Crippen molar-refractivity contribution < 1.29 is 5.21 Å². The molecule has 1 rings (SSSR count). The summed E-state index contributed by atoms with van der Waals surface area (Å²) < 4.78 is 1.54. The minimum absolute atomic E-state index is 0.320. The van der Waals surface area contributed by atoms with E-state index in [9.17, 15) is 0 Å². The van der Waals surface area contributed by atoms with Crippen LogP contribution in [0.1, 0.15) is 5.69 Å². The van der Waals surface area contributed by atoms with Crippen molar-refractivity contribution in [2.45, 2.75) is 6.54 Å². The molecule has 0 aliphatic carbocycles. The highest BCUT2D eigenvalue weighted by Crippen LogP contribution is 2.07. The van der Waals surface area contributed by atoms with Gasteiger partial charge in [0.1, 0.15) is 5.15 Å². The molecule has 0 aromatic carbocycles. The van der Waals surface area contributed by atoms with Crippen LogP contribution < -0.4 is 5.48 Å². The molecule has 0 amide bonds. The van der Waals surface area contributed by atoms with Crippen molar-refractivity contribution >= 4 is 11.6 Å². The van der Waals surface area contributed by atoms with Crippen LogP contribution in [0, 0.1) is 0 Å². The zero-order valence-electron chi connectivity index (χ0n) is 5.50. The number of nitrogens with one attached hydrogen (secondary N) is 1. The topological polar surface area (TPSA) is 50.1 Å². The fraction of sp³-hybridized carbons (Fsp3) is 0.400. The molecule has 56 valence electrons. The lowest BCUT2D eigenvalue weighted by Crippen LogP contribution is -2.06. The molecule has 5 heteroatoms. The Bertz CT molecular complexity index is 203. The van der Waals surface area contributed by atoms with Gasteiger partial charge in [0.2, 0.25) is 0 Å². The van der Waals surface area contributed by atoms with E-state index in [2.05, 4.69) is 5.10 Å². The second kappa shape index (κ2) is 3.01. The van der Waals surface area contributed by atoms with E-state index in [1.807, 2.05) is 5.48 Å². The molecule has 0 bridgehead atoms. The van der Waals surface area contributed by atoms with Gasteiger partial charge in [-0.2, -0.15) is 10.6 Å². The van der Waals surface area contributed by atoms with Crippen molar-refractivity contribution in [2.24, 2.45) is 7.05 Å². The minimum Gasteiger partial charge on any atom is -0.316 e. The maximum atomic E-state index is 8.28. The van der Waals surface area contributed by atoms with Crippen molar-refractivity contribution in [2.75, 3.05) is 0 Å². The summed E-state index contributed by atoms with van der Waals surface area (Å²) in [5.41, 5.74) is 2.71. The van der Waals surface area contributed by atoms with Gasteiger partial charge in [-0.25, -0.2) is 0 Å². The second-order valence-corrected chi connectivity index (χ2v) is 2.30. The normalized spacial score (nSPS) is 10.3. The van der Waals surface area contributed by atoms with Crippen LogP contribution in [0.25, 0.3) is 0 Å². The van der Waals surface area contributed by atoms with Gasteiger partial charge in [-0.15, -0.1) is 0 Å². The molecule has 0 spiro atoms. The molecule has 1 aromatic rings. The van der Waals surface area contributed by atoms with E-state index in [0.717, 1.165) is 5.69 Å². The molecule has 0 saturated carbocycles. The number of aryl methyl sites for hydroxylation is 1. The molecule has 0 aliphatic heterocycles. The monoisotopic (exact) mass is 161 g/mol. The van der Waals surface area contributed by atoms with Gasteiger partial charge in [-0.05, 0) is 6.07 Å². The third-order valence-electron chi connectivity index (χ3n) is 1.13. The first-order valence-corrected chi connectivity index (χ1v) is 3.17. The molecule has 0 saturated heterocycles. The molecule has 0 unspecified atom stereocenters. The molecule has 1 heterocycles. The molecule has 0 fully saturated rings. The average Bonchev–Trinajstić information content (AvgIpc) is 2.14. The number of nitrogens with zero attached hydrogens (tertiary/aromatic N) is 2. The Balaban J connectivity index is 2.77. The van der Waals surface area contributed by atoms with E-state index in [1.165, 1.54) is 4.68 Å². The lowest BCUT2D eigenvalue weighted by molar-refractivity contribution is 0.160. The number of hydrogen-bond donors (Lipinski definition) is 2. The highest BCUT2D eigenvalue weighted by molar-refractivity contribution is 6.29. The van der Waals surface area contributed by atoms with E-state index in [1.54, 1.807) is 13.1 Å². The molecular formula is C5H8ClN3O. The Morgan fingerprint density at radius 1 is 1.90 bits per heavy atom. The van der Waals surface area contributed by atoms with E-state index >= 15 is 0 Å². The van der Waals surface area contributed by atoms with Gasteiger partial charge in [0, 0.05) is 7.05 Å². The van der Waals surface area contributed by atoms with Gasteiger partial charge in [-0.3, -0.25) is 4.68 Å². The van der Waals surface area contributed by atoms with Gasteiger partial charge in [0.05, 0.1) is 12.2 Å². The van der Waals surface area contributed by atoms with Crippen molar-refractivity contribution in [3.8, 4) is 0 Å². The number of aromatic nitrogens is 2. The van der Waals surface area contributed by atoms with E-state index in [0.29, 0.717) is 11.7 Å². The van der Waals surface area contributed by atoms with Crippen molar-refractivity contribution in [1.82, 2.24) is 15.3 Å². The largest absolute Gasteiger partial charge is 0.316 e. The van der Waals surface area contributed by atoms with E-state index in [-0.39, 0.29) is 0 Å².